The number of likely N-dealkylation sites (tertiary alicyclic amines) is 1. The van der Waals surface area contributed by atoms with Gasteiger partial charge in [-0.05, 0) is 51.2 Å². The van der Waals surface area contributed by atoms with E-state index < -0.39 is 0 Å². The molecule has 0 spiro atoms. The quantitative estimate of drug-likeness (QED) is 0.795. The predicted octanol–water partition coefficient (Wildman–Crippen LogP) is 3.49. The summed E-state index contributed by atoms with van der Waals surface area (Å²) in [4.78, 5) is 32.1. The van der Waals surface area contributed by atoms with Crippen molar-refractivity contribution in [2.24, 2.45) is 5.92 Å². The Hall–Kier alpha value is -2.37. The van der Waals surface area contributed by atoms with Crippen LogP contribution in [0.2, 0.25) is 0 Å². The van der Waals surface area contributed by atoms with E-state index in [9.17, 15) is 9.59 Å². The number of hydrogen-bond donors (Lipinski definition) is 1. The van der Waals surface area contributed by atoms with E-state index in [0.29, 0.717) is 6.54 Å². The molecule has 28 heavy (non-hydrogen) atoms. The number of benzene rings is 1. The molecule has 0 radical (unpaired) electrons. The summed E-state index contributed by atoms with van der Waals surface area (Å²) >= 11 is 0. The zero-order valence-electron chi connectivity index (χ0n) is 17.3. The van der Waals surface area contributed by atoms with Crippen LogP contribution in [0, 0.1) is 5.92 Å². The van der Waals surface area contributed by atoms with Crippen LogP contribution in [0.3, 0.4) is 0 Å². The first-order valence-electron chi connectivity index (χ1n) is 10.6. The van der Waals surface area contributed by atoms with Crippen molar-refractivity contribution in [3.05, 3.63) is 30.1 Å². The number of nitrogens with zero attached hydrogens (tertiary/aromatic N) is 3. The van der Waals surface area contributed by atoms with Crippen molar-refractivity contribution in [2.45, 2.75) is 72.0 Å². The maximum atomic E-state index is 13.0. The molecule has 1 aliphatic heterocycles. The summed E-state index contributed by atoms with van der Waals surface area (Å²) in [6, 6.07) is 8.13. The largest absolute Gasteiger partial charge is 0.349 e. The fourth-order valence-corrected chi connectivity index (χ4v) is 4.10. The second-order valence-electron chi connectivity index (χ2n) is 7.77. The molecule has 1 unspecified atom stereocenters. The van der Waals surface area contributed by atoms with Gasteiger partial charge in [0.15, 0.2) is 0 Å². The molecular formula is C22H32N4O2. The number of imidazole rings is 1. The Morgan fingerprint density at radius 2 is 1.96 bits per heavy atom. The van der Waals surface area contributed by atoms with E-state index in [1.54, 1.807) is 0 Å². The van der Waals surface area contributed by atoms with E-state index >= 15 is 0 Å². The number of carbonyl (C=O) groups excluding carboxylic acids is 2. The first kappa shape index (κ1) is 20.4. The van der Waals surface area contributed by atoms with Gasteiger partial charge in [-0.2, -0.15) is 0 Å². The maximum Gasteiger partial charge on any atom is 0.242 e. The van der Waals surface area contributed by atoms with Gasteiger partial charge in [-0.15, -0.1) is 0 Å². The molecule has 0 aliphatic carbocycles. The van der Waals surface area contributed by atoms with Gasteiger partial charge in [0.1, 0.15) is 12.4 Å². The van der Waals surface area contributed by atoms with E-state index in [1.165, 1.54) is 6.42 Å². The topological polar surface area (TPSA) is 67.2 Å². The van der Waals surface area contributed by atoms with Crippen LogP contribution in [0.25, 0.3) is 11.0 Å². The number of para-hydroxylation sites is 2. The molecular weight excluding hydrogens is 352 g/mol. The minimum absolute atomic E-state index is 0.0219. The van der Waals surface area contributed by atoms with Crippen LogP contribution in [0.5, 0.6) is 0 Å². The van der Waals surface area contributed by atoms with Gasteiger partial charge in [0.2, 0.25) is 11.8 Å². The zero-order valence-corrected chi connectivity index (χ0v) is 17.3. The lowest BCUT2D eigenvalue weighted by Gasteiger charge is -2.33. The molecule has 2 aromatic rings. The first-order chi connectivity index (χ1) is 13.5. The molecule has 1 N–H and O–H groups in total. The third kappa shape index (κ3) is 4.37. The number of rotatable bonds is 7. The Morgan fingerprint density at radius 3 is 2.68 bits per heavy atom. The monoisotopic (exact) mass is 384 g/mol. The van der Waals surface area contributed by atoms with Crippen molar-refractivity contribution in [3.63, 3.8) is 0 Å². The zero-order chi connectivity index (χ0) is 20.1. The van der Waals surface area contributed by atoms with E-state index in [2.05, 4.69) is 12.2 Å². The molecule has 3 rings (SSSR count). The van der Waals surface area contributed by atoms with Crippen LogP contribution >= 0.6 is 0 Å². The van der Waals surface area contributed by atoms with E-state index in [1.807, 2.05) is 47.6 Å². The van der Waals surface area contributed by atoms with E-state index in [4.69, 9.17) is 4.98 Å². The number of nitrogens with one attached hydrogen (secondary N) is 1. The van der Waals surface area contributed by atoms with Crippen molar-refractivity contribution < 1.29 is 9.59 Å². The normalized spacial score (nSPS) is 17.3. The van der Waals surface area contributed by atoms with Gasteiger partial charge < -0.3 is 14.8 Å². The van der Waals surface area contributed by atoms with Crippen molar-refractivity contribution in [3.8, 4) is 0 Å². The lowest BCUT2D eigenvalue weighted by molar-refractivity contribution is -0.135. The summed E-state index contributed by atoms with van der Waals surface area (Å²) < 4.78 is 1.96. The summed E-state index contributed by atoms with van der Waals surface area (Å²) in [5.74, 6) is 0.940. The average Bonchev–Trinajstić information content (AvgIpc) is 3.05. The van der Waals surface area contributed by atoms with Crippen LogP contribution in [-0.2, 0) is 22.7 Å². The third-order valence-electron chi connectivity index (χ3n) is 5.93. The number of aromatic nitrogens is 2. The molecule has 1 fully saturated rings. The van der Waals surface area contributed by atoms with Gasteiger partial charge in [-0.3, -0.25) is 9.59 Å². The van der Waals surface area contributed by atoms with Gasteiger partial charge >= 0.3 is 0 Å². The van der Waals surface area contributed by atoms with E-state index in [-0.39, 0.29) is 30.3 Å². The highest BCUT2D eigenvalue weighted by molar-refractivity contribution is 5.82. The molecule has 152 valence electrons. The fourth-order valence-electron chi connectivity index (χ4n) is 4.10. The second-order valence-corrected chi connectivity index (χ2v) is 7.77. The Balaban J connectivity index is 1.81. The number of carbonyl (C=O) groups is 2. The van der Waals surface area contributed by atoms with Crippen molar-refractivity contribution in [2.75, 3.05) is 6.54 Å². The molecule has 0 saturated carbocycles. The summed E-state index contributed by atoms with van der Waals surface area (Å²) in [6.45, 7) is 7.62. The minimum Gasteiger partial charge on any atom is -0.349 e. The second kappa shape index (κ2) is 9.22. The average molecular weight is 385 g/mol. The standard InChI is InChI=1S/C22H32N4O2/c1-4-17(5-2)22(28)23-14-20-24-18-11-6-7-12-19(18)26(20)15-21(27)25-13-9-8-10-16(25)3/h6-7,11-12,16-17H,4-5,8-10,13-15H2,1-3H3,(H,23,28). The minimum atomic E-state index is 0.0219. The van der Waals surface area contributed by atoms with Gasteiger partial charge in [-0.1, -0.05) is 26.0 Å². The van der Waals surface area contributed by atoms with Crippen molar-refractivity contribution in [1.82, 2.24) is 19.8 Å². The Morgan fingerprint density at radius 1 is 1.21 bits per heavy atom. The molecule has 2 heterocycles. The SMILES string of the molecule is CCC(CC)C(=O)NCc1nc2ccccc2n1CC(=O)N1CCCCC1C. The molecule has 0 bridgehead atoms. The lowest BCUT2D eigenvalue weighted by Crippen LogP contribution is -2.43. The summed E-state index contributed by atoms with van der Waals surface area (Å²) in [5.41, 5.74) is 1.79. The molecule has 1 atom stereocenters. The smallest absolute Gasteiger partial charge is 0.242 e. The van der Waals surface area contributed by atoms with Gasteiger partial charge in [0.05, 0.1) is 17.6 Å². The predicted molar refractivity (Wildman–Crippen MR) is 111 cm³/mol. The fraction of sp³-hybridized carbons (Fsp3) is 0.591. The number of amides is 2. The maximum absolute atomic E-state index is 13.0. The van der Waals surface area contributed by atoms with E-state index in [0.717, 1.165) is 49.1 Å². The van der Waals surface area contributed by atoms with Crippen LogP contribution in [-0.4, -0.2) is 38.9 Å². The lowest BCUT2D eigenvalue weighted by atomic mass is 10.0. The number of fused-ring (bicyclic) bond motifs is 1. The Kier molecular flexibility index (Phi) is 6.70. The molecule has 1 saturated heterocycles. The molecule has 1 aromatic heterocycles. The third-order valence-corrected chi connectivity index (χ3v) is 5.93. The molecule has 2 amide bonds. The van der Waals surface area contributed by atoms with Crippen molar-refractivity contribution in [1.29, 1.82) is 0 Å². The summed E-state index contributed by atoms with van der Waals surface area (Å²) in [7, 11) is 0. The number of hydrogen-bond acceptors (Lipinski definition) is 3. The number of piperidine rings is 1. The molecule has 6 heteroatoms. The van der Waals surface area contributed by atoms with Crippen LogP contribution in [0.4, 0.5) is 0 Å². The highest BCUT2D eigenvalue weighted by Crippen LogP contribution is 2.20. The Bertz CT molecular complexity index is 825. The molecule has 6 nitrogen and oxygen atoms in total. The first-order valence-corrected chi connectivity index (χ1v) is 10.6. The highest BCUT2D eigenvalue weighted by Gasteiger charge is 2.25. The van der Waals surface area contributed by atoms with Gasteiger partial charge in [-0.25, -0.2) is 4.98 Å². The Labute approximate surface area is 167 Å². The van der Waals surface area contributed by atoms with Crippen LogP contribution < -0.4 is 5.32 Å². The van der Waals surface area contributed by atoms with Crippen molar-refractivity contribution >= 4 is 22.8 Å². The summed E-state index contributed by atoms with van der Waals surface area (Å²) in [6.07, 6.45) is 4.97. The summed E-state index contributed by atoms with van der Waals surface area (Å²) in [5, 5.41) is 3.02. The molecule has 1 aromatic carbocycles. The van der Waals surface area contributed by atoms with Crippen LogP contribution in [0.1, 0.15) is 58.7 Å². The van der Waals surface area contributed by atoms with Gasteiger partial charge in [0.25, 0.3) is 0 Å². The van der Waals surface area contributed by atoms with Crippen LogP contribution in [0.15, 0.2) is 24.3 Å². The van der Waals surface area contributed by atoms with Gasteiger partial charge in [0, 0.05) is 18.5 Å². The highest BCUT2D eigenvalue weighted by atomic mass is 16.2. The molecule has 1 aliphatic rings.